The predicted octanol–water partition coefficient (Wildman–Crippen LogP) is 0.697. The number of rotatable bonds is 5. The van der Waals surface area contributed by atoms with E-state index in [0.29, 0.717) is 6.42 Å². The summed E-state index contributed by atoms with van der Waals surface area (Å²) >= 11 is 0. The van der Waals surface area contributed by atoms with Crippen molar-refractivity contribution in [3.05, 3.63) is 0 Å². The van der Waals surface area contributed by atoms with E-state index in [0.717, 1.165) is 12.8 Å². The topological polar surface area (TPSA) is 93.3 Å². The van der Waals surface area contributed by atoms with Gasteiger partial charge in [-0.15, -0.1) is 0 Å². The Morgan fingerprint density at radius 1 is 1.69 bits per heavy atom. The van der Waals surface area contributed by atoms with E-state index in [4.69, 9.17) is 15.5 Å². The molecule has 0 aromatic heterocycles. The van der Waals surface area contributed by atoms with E-state index >= 15 is 0 Å². The van der Waals surface area contributed by atoms with E-state index in [1.54, 1.807) is 6.07 Å². The van der Waals surface area contributed by atoms with E-state index in [2.05, 4.69) is 5.32 Å². The zero-order valence-corrected chi connectivity index (χ0v) is 7.53. The molecule has 0 aliphatic heterocycles. The molecule has 0 bridgehead atoms. The fraction of sp³-hybridized carbons (Fsp3) is 0.750. The van der Waals surface area contributed by atoms with Gasteiger partial charge in [-0.25, -0.2) is 4.79 Å². The second-order valence-electron chi connectivity index (χ2n) is 2.77. The number of nitrogens with zero attached hydrogens (tertiary/aromatic N) is 1. The van der Waals surface area contributed by atoms with Gasteiger partial charge in [0.15, 0.2) is 6.10 Å². The van der Waals surface area contributed by atoms with Crippen molar-refractivity contribution in [3.8, 4) is 6.07 Å². The molecule has 0 spiro atoms. The Hall–Kier alpha value is -1.28. The van der Waals surface area contributed by atoms with Crippen molar-refractivity contribution in [2.75, 3.05) is 0 Å². The number of nitrogens with one attached hydrogen (secondary N) is 1. The van der Waals surface area contributed by atoms with Crippen molar-refractivity contribution in [2.24, 2.45) is 0 Å². The van der Waals surface area contributed by atoms with Crippen LogP contribution in [-0.4, -0.2) is 28.5 Å². The molecule has 0 aromatic carbocycles. The number of carboxylic acid groups (broad SMARTS) is 1. The predicted molar refractivity (Wildman–Crippen MR) is 46.1 cm³/mol. The van der Waals surface area contributed by atoms with E-state index in [1.807, 2.05) is 6.92 Å². The number of hydrogen-bond donors (Lipinski definition) is 3. The molecule has 0 fully saturated rings. The van der Waals surface area contributed by atoms with Crippen molar-refractivity contribution >= 4 is 6.09 Å². The first kappa shape index (κ1) is 11.7. The summed E-state index contributed by atoms with van der Waals surface area (Å²) in [7, 11) is 0. The summed E-state index contributed by atoms with van der Waals surface area (Å²) in [6, 6.07) is 0.931. The highest BCUT2D eigenvalue weighted by Crippen LogP contribution is 2.04. The van der Waals surface area contributed by atoms with Crippen LogP contribution in [0.25, 0.3) is 0 Å². The Morgan fingerprint density at radius 3 is 2.69 bits per heavy atom. The van der Waals surface area contributed by atoms with Crippen LogP contribution in [0.15, 0.2) is 0 Å². The van der Waals surface area contributed by atoms with Crippen LogP contribution < -0.4 is 5.32 Å². The van der Waals surface area contributed by atoms with Gasteiger partial charge in [-0.05, 0) is 6.42 Å². The van der Waals surface area contributed by atoms with E-state index < -0.39 is 18.2 Å². The number of carbonyl (C=O) groups is 1. The standard InChI is InChI=1S/C8H14N2O3/c1-2-3-4-6(7(11)5-9)10-8(12)13/h6-7,10-11H,2-4H2,1H3,(H,12,13)/t6?,7-/m0/s1. The molecule has 5 heteroatoms. The van der Waals surface area contributed by atoms with Crippen LogP contribution in [-0.2, 0) is 0 Å². The first-order valence-corrected chi connectivity index (χ1v) is 4.19. The van der Waals surface area contributed by atoms with Gasteiger partial charge in [-0.3, -0.25) is 0 Å². The summed E-state index contributed by atoms with van der Waals surface area (Å²) in [4.78, 5) is 10.3. The summed E-state index contributed by atoms with van der Waals surface area (Å²) in [6.07, 6.45) is -0.310. The van der Waals surface area contributed by atoms with Gasteiger partial charge in [0.05, 0.1) is 12.1 Å². The molecular weight excluding hydrogens is 172 g/mol. The molecule has 0 aliphatic rings. The number of aliphatic hydroxyl groups is 1. The first-order chi connectivity index (χ1) is 6.11. The Labute approximate surface area is 77.0 Å². The number of amides is 1. The second-order valence-corrected chi connectivity index (χ2v) is 2.77. The molecule has 0 saturated carbocycles. The lowest BCUT2D eigenvalue weighted by Crippen LogP contribution is -2.42. The highest BCUT2D eigenvalue weighted by atomic mass is 16.4. The Balaban J connectivity index is 4.03. The second kappa shape index (κ2) is 6.26. The zero-order chi connectivity index (χ0) is 10.3. The molecule has 3 N–H and O–H groups in total. The maximum Gasteiger partial charge on any atom is 0.405 e. The molecule has 1 amide bonds. The van der Waals surface area contributed by atoms with Gasteiger partial charge in [0.1, 0.15) is 0 Å². The third-order valence-electron chi connectivity index (χ3n) is 1.69. The average Bonchev–Trinajstić information content (AvgIpc) is 2.10. The van der Waals surface area contributed by atoms with Gasteiger partial charge in [0.2, 0.25) is 0 Å². The number of hydrogen-bond acceptors (Lipinski definition) is 3. The first-order valence-electron chi connectivity index (χ1n) is 4.19. The van der Waals surface area contributed by atoms with Crippen molar-refractivity contribution in [1.82, 2.24) is 5.32 Å². The molecule has 74 valence electrons. The van der Waals surface area contributed by atoms with Crippen LogP contribution in [0, 0.1) is 11.3 Å². The van der Waals surface area contributed by atoms with Gasteiger partial charge in [-0.2, -0.15) is 5.26 Å². The molecule has 0 aromatic rings. The minimum Gasteiger partial charge on any atom is -0.465 e. The van der Waals surface area contributed by atoms with Crippen LogP contribution in [0.5, 0.6) is 0 Å². The van der Waals surface area contributed by atoms with Gasteiger partial charge < -0.3 is 15.5 Å². The van der Waals surface area contributed by atoms with Crippen LogP contribution in [0.2, 0.25) is 0 Å². The SMILES string of the molecule is CCCCC(NC(=O)O)[C@@H](O)C#N. The molecule has 0 heterocycles. The summed E-state index contributed by atoms with van der Waals surface area (Å²) < 4.78 is 0. The monoisotopic (exact) mass is 186 g/mol. The summed E-state index contributed by atoms with van der Waals surface area (Å²) in [6.45, 7) is 1.95. The molecule has 1 unspecified atom stereocenters. The van der Waals surface area contributed by atoms with E-state index in [1.165, 1.54) is 0 Å². The van der Waals surface area contributed by atoms with Gasteiger partial charge in [-0.1, -0.05) is 19.8 Å². The van der Waals surface area contributed by atoms with Crippen LogP contribution in [0.4, 0.5) is 4.79 Å². The lowest BCUT2D eigenvalue weighted by molar-refractivity contribution is 0.150. The summed E-state index contributed by atoms with van der Waals surface area (Å²) in [5.74, 6) is 0. The van der Waals surface area contributed by atoms with Crippen molar-refractivity contribution in [3.63, 3.8) is 0 Å². The minimum absolute atomic E-state index is 0.484. The Bertz CT molecular complexity index is 200. The Morgan fingerprint density at radius 2 is 2.31 bits per heavy atom. The summed E-state index contributed by atoms with van der Waals surface area (Å²) in [5, 5.41) is 28.0. The van der Waals surface area contributed by atoms with Crippen LogP contribution in [0.3, 0.4) is 0 Å². The van der Waals surface area contributed by atoms with Crippen molar-refractivity contribution < 1.29 is 15.0 Å². The fourth-order valence-corrected chi connectivity index (χ4v) is 0.982. The molecule has 5 nitrogen and oxygen atoms in total. The normalized spacial score (nSPS) is 14.2. The van der Waals surface area contributed by atoms with Crippen LogP contribution in [0.1, 0.15) is 26.2 Å². The third kappa shape index (κ3) is 5.04. The molecule has 2 atom stereocenters. The summed E-state index contributed by atoms with van der Waals surface area (Å²) in [5.41, 5.74) is 0. The molecule has 13 heavy (non-hydrogen) atoms. The maximum absolute atomic E-state index is 10.3. The Kier molecular flexibility index (Phi) is 5.64. The maximum atomic E-state index is 10.3. The van der Waals surface area contributed by atoms with Gasteiger partial charge in [0, 0.05) is 0 Å². The molecule has 0 radical (unpaired) electrons. The fourth-order valence-electron chi connectivity index (χ4n) is 0.982. The lowest BCUT2D eigenvalue weighted by atomic mass is 10.1. The molecule has 0 rings (SSSR count). The highest BCUT2D eigenvalue weighted by Gasteiger charge is 2.19. The van der Waals surface area contributed by atoms with E-state index in [9.17, 15) is 4.79 Å². The highest BCUT2D eigenvalue weighted by molar-refractivity contribution is 5.65. The van der Waals surface area contributed by atoms with Gasteiger partial charge in [0.25, 0.3) is 0 Å². The number of nitriles is 1. The number of aliphatic hydroxyl groups excluding tert-OH is 1. The third-order valence-corrected chi connectivity index (χ3v) is 1.69. The van der Waals surface area contributed by atoms with Gasteiger partial charge >= 0.3 is 6.09 Å². The quantitative estimate of drug-likeness (QED) is 0.551. The molecule has 0 saturated heterocycles. The lowest BCUT2D eigenvalue weighted by Gasteiger charge is -2.17. The molecular formula is C8H14N2O3. The van der Waals surface area contributed by atoms with E-state index in [-0.39, 0.29) is 0 Å². The smallest absolute Gasteiger partial charge is 0.405 e. The molecule has 0 aliphatic carbocycles. The van der Waals surface area contributed by atoms with Crippen molar-refractivity contribution in [1.29, 1.82) is 5.26 Å². The average molecular weight is 186 g/mol. The van der Waals surface area contributed by atoms with Crippen LogP contribution >= 0.6 is 0 Å². The largest absolute Gasteiger partial charge is 0.465 e. The van der Waals surface area contributed by atoms with Crippen molar-refractivity contribution in [2.45, 2.75) is 38.3 Å². The zero-order valence-electron chi connectivity index (χ0n) is 7.53. The minimum atomic E-state index is -1.26. The number of unbranched alkanes of at least 4 members (excludes halogenated alkanes) is 1.